The summed E-state index contributed by atoms with van der Waals surface area (Å²) in [5.74, 6) is 0. The molecule has 0 fully saturated rings. The number of hydrogen-bond donors (Lipinski definition) is 1. The standard InChI is InChI=1S/C13H17N3S/c1-3-16(4-2)11-7-5-10(6-8-11)12-9-17-13(14)15-12/h5-9H,3-4H2,1-2H3,(H2,14,15). The number of rotatable bonds is 4. The zero-order valence-electron chi connectivity index (χ0n) is 10.2. The van der Waals surface area contributed by atoms with Crippen LogP contribution in [0.2, 0.25) is 0 Å². The number of aromatic nitrogens is 1. The van der Waals surface area contributed by atoms with Crippen LogP contribution < -0.4 is 10.6 Å². The highest BCUT2D eigenvalue weighted by Crippen LogP contribution is 2.25. The first kappa shape index (κ1) is 11.9. The quantitative estimate of drug-likeness (QED) is 0.902. The molecule has 3 nitrogen and oxygen atoms in total. The van der Waals surface area contributed by atoms with E-state index in [1.54, 1.807) is 0 Å². The summed E-state index contributed by atoms with van der Waals surface area (Å²) < 4.78 is 0. The summed E-state index contributed by atoms with van der Waals surface area (Å²) in [6.45, 7) is 6.38. The van der Waals surface area contributed by atoms with Crippen molar-refractivity contribution in [3.63, 3.8) is 0 Å². The van der Waals surface area contributed by atoms with Gasteiger partial charge < -0.3 is 10.6 Å². The second-order valence-electron chi connectivity index (χ2n) is 3.79. The van der Waals surface area contributed by atoms with E-state index < -0.39 is 0 Å². The van der Waals surface area contributed by atoms with Crippen LogP contribution in [0.5, 0.6) is 0 Å². The van der Waals surface area contributed by atoms with Crippen molar-refractivity contribution < 1.29 is 0 Å². The Morgan fingerprint density at radius 2 is 1.82 bits per heavy atom. The van der Waals surface area contributed by atoms with Gasteiger partial charge in [-0.2, -0.15) is 0 Å². The van der Waals surface area contributed by atoms with Gasteiger partial charge in [0, 0.05) is 29.7 Å². The molecule has 17 heavy (non-hydrogen) atoms. The monoisotopic (exact) mass is 247 g/mol. The molecule has 4 heteroatoms. The number of thiazole rings is 1. The van der Waals surface area contributed by atoms with E-state index >= 15 is 0 Å². The van der Waals surface area contributed by atoms with Gasteiger partial charge in [-0.25, -0.2) is 4.98 Å². The lowest BCUT2D eigenvalue weighted by Gasteiger charge is -2.20. The molecular weight excluding hydrogens is 230 g/mol. The van der Waals surface area contributed by atoms with Crippen molar-refractivity contribution in [2.24, 2.45) is 0 Å². The Bertz CT molecular complexity index is 472. The number of nitrogen functional groups attached to an aromatic ring is 1. The Labute approximate surface area is 106 Å². The van der Waals surface area contributed by atoms with Crippen LogP contribution in [0.1, 0.15) is 13.8 Å². The van der Waals surface area contributed by atoms with Crippen molar-refractivity contribution >= 4 is 22.2 Å². The SMILES string of the molecule is CCN(CC)c1ccc(-c2csc(N)n2)cc1. The van der Waals surface area contributed by atoms with E-state index in [0.717, 1.165) is 24.3 Å². The Balaban J connectivity index is 2.23. The van der Waals surface area contributed by atoms with E-state index in [0.29, 0.717) is 5.13 Å². The number of benzene rings is 1. The lowest BCUT2D eigenvalue weighted by Crippen LogP contribution is -2.21. The highest BCUT2D eigenvalue weighted by Gasteiger charge is 2.04. The van der Waals surface area contributed by atoms with Crippen molar-refractivity contribution in [3.05, 3.63) is 29.6 Å². The molecule has 2 rings (SSSR count). The van der Waals surface area contributed by atoms with E-state index in [9.17, 15) is 0 Å². The van der Waals surface area contributed by atoms with Crippen LogP contribution in [0.3, 0.4) is 0 Å². The van der Waals surface area contributed by atoms with Crippen molar-refractivity contribution in [2.75, 3.05) is 23.7 Å². The van der Waals surface area contributed by atoms with Gasteiger partial charge in [-0.1, -0.05) is 12.1 Å². The number of hydrogen-bond acceptors (Lipinski definition) is 4. The van der Waals surface area contributed by atoms with Gasteiger partial charge >= 0.3 is 0 Å². The van der Waals surface area contributed by atoms with Crippen molar-refractivity contribution in [1.29, 1.82) is 0 Å². The smallest absolute Gasteiger partial charge is 0.180 e. The number of nitrogens with zero attached hydrogens (tertiary/aromatic N) is 2. The van der Waals surface area contributed by atoms with Crippen LogP contribution in [0.4, 0.5) is 10.8 Å². The van der Waals surface area contributed by atoms with E-state index in [1.807, 2.05) is 5.38 Å². The summed E-state index contributed by atoms with van der Waals surface area (Å²) in [4.78, 5) is 6.60. The predicted molar refractivity (Wildman–Crippen MR) is 75.5 cm³/mol. The van der Waals surface area contributed by atoms with Gasteiger partial charge in [-0.05, 0) is 26.0 Å². The summed E-state index contributed by atoms with van der Waals surface area (Å²) in [6, 6.07) is 8.47. The minimum Gasteiger partial charge on any atom is -0.375 e. The predicted octanol–water partition coefficient (Wildman–Crippen LogP) is 3.24. The van der Waals surface area contributed by atoms with Crippen LogP contribution in [0.15, 0.2) is 29.6 Å². The summed E-state index contributed by atoms with van der Waals surface area (Å²) in [7, 11) is 0. The highest BCUT2D eigenvalue weighted by molar-refractivity contribution is 7.13. The fraction of sp³-hybridized carbons (Fsp3) is 0.308. The lowest BCUT2D eigenvalue weighted by atomic mass is 10.1. The third kappa shape index (κ3) is 2.58. The van der Waals surface area contributed by atoms with Gasteiger partial charge in [0.1, 0.15) is 0 Å². The summed E-state index contributed by atoms with van der Waals surface area (Å²) in [5, 5.41) is 2.61. The Hall–Kier alpha value is -1.55. The average molecular weight is 247 g/mol. The Morgan fingerprint density at radius 3 is 2.29 bits per heavy atom. The van der Waals surface area contributed by atoms with Crippen LogP contribution in [0.25, 0.3) is 11.3 Å². The van der Waals surface area contributed by atoms with E-state index in [2.05, 4.69) is 48.0 Å². The maximum absolute atomic E-state index is 5.64. The van der Waals surface area contributed by atoms with Crippen molar-refractivity contribution in [2.45, 2.75) is 13.8 Å². The fourth-order valence-corrected chi connectivity index (χ4v) is 2.42. The molecule has 0 aliphatic rings. The van der Waals surface area contributed by atoms with E-state index in [1.165, 1.54) is 17.0 Å². The van der Waals surface area contributed by atoms with Gasteiger partial charge in [-0.15, -0.1) is 11.3 Å². The Kier molecular flexibility index (Phi) is 3.64. The van der Waals surface area contributed by atoms with E-state index in [-0.39, 0.29) is 0 Å². The summed E-state index contributed by atoms with van der Waals surface area (Å²) >= 11 is 1.47. The minimum absolute atomic E-state index is 0.618. The molecular formula is C13H17N3S. The van der Waals surface area contributed by atoms with Gasteiger partial charge in [-0.3, -0.25) is 0 Å². The molecule has 1 aromatic carbocycles. The third-order valence-electron chi connectivity index (χ3n) is 2.81. The molecule has 2 N–H and O–H groups in total. The normalized spacial score (nSPS) is 10.5. The molecule has 1 heterocycles. The highest BCUT2D eigenvalue weighted by atomic mass is 32.1. The minimum atomic E-state index is 0.618. The molecule has 0 bridgehead atoms. The lowest BCUT2D eigenvalue weighted by molar-refractivity contribution is 0.866. The van der Waals surface area contributed by atoms with Crippen molar-refractivity contribution in [1.82, 2.24) is 4.98 Å². The maximum atomic E-state index is 5.64. The van der Waals surface area contributed by atoms with Gasteiger partial charge in [0.2, 0.25) is 0 Å². The molecule has 90 valence electrons. The molecule has 0 aliphatic heterocycles. The molecule has 1 aromatic heterocycles. The van der Waals surface area contributed by atoms with Crippen LogP contribution in [0, 0.1) is 0 Å². The summed E-state index contributed by atoms with van der Waals surface area (Å²) in [6.07, 6.45) is 0. The van der Waals surface area contributed by atoms with Crippen LogP contribution in [-0.2, 0) is 0 Å². The molecule has 0 atom stereocenters. The number of anilines is 2. The van der Waals surface area contributed by atoms with Gasteiger partial charge in [0.05, 0.1) is 5.69 Å². The second kappa shape index (κ2) is 5.19. The second-order valence-corrected chi connectivity index (χ2v) is 4.68. The fourth-order valence-electron chi connectivity index (χ4n) is 1.85. The molecule has 0 aliphatic carbocycles. The number of nitrogens with two attached hydrogens (primary N) is 1. The van der Waals surface area contributed by atoms with E-state index in [4.69, 9.17) is 5.73 Å². The van der Waals surface area contributed by atoms with Gasteiger partial charge in [0.25, 0.3) is 0 Å². The largest absolute Gasteiger partial charge is 0.375 e. The molecule has 0 unspecified atom stereocenters. The Morgan fingerprint density at radius 1 is 1.18 bits per heavy atom. The molecule has 0 saturated carbocycles. The van der Waals surface area contributed by atoms with Crippen LogP contribution in [-0.4, -0.2) is 18.1 Å². The molecule has 0 amide bonds. The first-order chi connectivity index (χ1) is 8.24. The van der Waals surface area contributed by atoms with Crippen molar-refractivity contribution in [3.8, 4) is 11.3 Å². The molecule has 0 saturated heterocycles. The zero-order chi connectivity index (χ0) is 12.3. The maximum Gasteiger partial charge on any atom is 0.180 e. The first-order valence-electron chi connectivity index (χ1n) is 5.81. The zero-order valence-corrected chi connectivity index (χ0v) is 11.0. The molecule has 0 spiro atoms. The topological polar surface area (TPSA) is 42.1 Å². The third-order valence-corrected chi connectivity index (χ3v) is 3.49. The summed E-state index contributed by atoms with van der Waals surface area (Å²) in [5.41, 5.74) is 8.96. The molecule has 2 aromatic rings. The average Bonchev–Trinajstić information content (AvgIpc) is 2.78. The first-order valence-corrected chi connectivity index (χ1v) is 6.69. The molecule has 0 radical (unpaired) electrons. The van der Waals surface area contributed by atoms with Gasteiger partial charge in [0.15, 0.2) is 5.13 Å². The van der Waals surface area contributed by atoms with Crippen LogP contribution >= 0.6 is 11.3 Å².